The van der Waals surface area contributed by atoms with Crippen molar-refractivity contribution >= 4 is 40.8 Å². The Morgan fingerprint density at radius 3 is 2.85 bits per heavy atom. The molecule has 2 N–H and O–H groups in total. The van der Waals surface area contributed by atoms with Crippen molar-refractivity contribution in [1.82, 2.24) is 4.98 Å². The average molecular weight is 367 g/mol. The number of aromatic nitrogens is 1. The summed E-state index contributed by atoms with van der Waals surface area (Å²) in [4.78, 5) is 27.2. The lowest BCUT2D eigenvalue weighted by Crippen LogP contribution is -2.03. The van der Waals surface area contributed by atoms with Gasteiger partial charge in [-0.25, -0.2) is 4.79 Å². The second-order valence-corrected chi connectivity index (χ2v) is 6.11. The van der Waals surface area contributed by atoms with E-state index in [2.05, 4.69) is 10.3 Å². The minimum Gasteiger partial charge on any atom is -0.478 e. The van der Waals surface area contributed by atoms with Gasteiger partial charge in [0.1, 0.15) is 11.5 Å². The van der Waals surface area contributed by atoms with Gasteiger partial charge in [-0.1, -0.05) is 11.6 Å². The molecule has 0 bridgehead atoms. The summed E-state index contributed by atoms with van der Waals surface area (Å²) in [6.45, 7) is 0. The number of aromatic carboxylic acids is 1. The van der Waals surface area contributed by atoms with E-state index in [0.717, 1.165) is 0 Å². The highest BCUT2D eigenvalue weighted by atomic mass is 35.5. The second kappa shape index (κ2) is 6.16. The van der Waals surface area contributed by atoms with Gasteiger partial charge < -0.3 is 14.8 Å². The Morgan fingerprint density at radius 2 is 2.04 bits per heavy atom. The number of hydrogen-bond acceptors (Lipinski definition) is 4. The number of rotatable bonds is 3. The maximum Gasteiger partial charge on any atom is 0.337 e. The van der Waals surface area contributed by atoms with Crippen LogP contribution in [0.15, 0.2) is 53.2 Å². The molecule has 2 aromatic heterocycles. The van der Waals surface area contributed by atoms with E-state index in [0.29, 0.717) is 38.9 Å². The molecule has 0 saturated heterocycles. The summed E-state index contributed by atoms with van der Waals surface area (Å²) in [5.41, 5.74) is 2.44. The first-order valence-corrected chi connectivity index (χ1v) is 8.00. The molecule has 0 radical (unpaired) electrons. The van der Waals surface area contributed by atoms with Gasteiger partial charge in [0.2, 0.25) is 0 Å². The zero-order valence-corrected chi connectivity index (χ0v) is 13.9. The normalized spacial score (nSPS) is 14.3. The molecule has 0 saturated carbocycles. The first kappa shape index (κ1) is 16.1. The van der Waals surface area contributed by atoms with E-state index in [9.17, 15) is 9.59 Å². The third kappa shape index (κ3) is 2.87. The van der Waals surface area contributed by atoms with E-state index < -0.39 is 5.97 Å². The fourth-order valence-corrected chi connectivity index (χ4v) is 2.90. The largest absolute Gasteiger partial charge is 0.478 e. The number of carboxylic acid groups (broad SMARTS) is 1. The highest BCUT2D eigenvalue weighted by Gasteiger charge is 2.24. The van der Waals surface area contributed by atoms with Gasteiger partial charge in [0.05, 0.1) is 11.1 Å². The molecule has 1 aromatic carbocycles. The Morgan fingerprint density at radius 1 is 1.19 bits per heavy atom. The van der Waals surface area contributed by atoms with Gasteiger partial charge in [0.15, 0.2) is 0 Å². The van der Waals surface area contributed by atoms with Crippen LogP contribution < -0.4 is 5.32 Å². The number of carboxylic acids is 1. The lowest BCUT2D eigenvalue weighted by Gasteiger charge is -1.99. The zero-order chi connectivity index (χ0) is 18.3. The van der Waals surface area contributed by atoms with Gasteiger partial charge in [-0.3, -0.25) is 9.78 Å². The third-order valence-corrected chi connectivity index (χ3v) is 4.18. The fourth-order valence-electron chi connectivity index (χ4n) is 2.72. The number of benzene rings is 1. The lowest BCUT2D eigenvalue weighted by atomic mass is 10.1. The number of pyridine rings is 1. The number of hydrogen-bond donors (Lipinski definition) is 2. The highest BCUT2D eigenvalue weighted by Crippen LogP contribution is 2.35. The molecule has 7 heteroatoms. The molecule has 0 spiro atoms. The van der Waals surface area contributed by atoms with E-state index in [1.165, 1.54) is 18.5 Å². The summed E-state index contributed by atoms with van der Waals surface area (Å²) < 4.78 is 5.74. The van der Waals surface area contributed by atoms with Crippen molar-refractivity contribution in [3.05, 3.63) is 70.7 Å². The van der Waals surface area contributed by atoms with Crippen LogP contribution in [-0.2, 0) is 4.79 Å². The molecule has 0 fully saturated rings. The number of halogens is 1. The summed E-state index contributed by atoms with van der Waals surface area (Å²) in [7, 11) is 0. The standard InChI is InChI=1S/C19H11ClN2O4/c20-12-1-3-16-14(6-12)15(18(23)22-16)7-13-2-4-17(26-13)10-5-11(19(24)25)9-21-8-10/h1-9H,(H,22,23)(H,24,25)/b15-7+. The number of nitrogens with one attached hydrogen (secondary N) is 1. The molecular formula is C19H11ClN2O4. The van der Waals surface area contributed by atoms with Crippen LogP contribution in [0, 0.1) is 0 Å². The van der Waals surface area contributed by atoms with Crippen molar-refractivity contribution in [3.8, 4) is 11.3 Å². The van der Waals surface area contributed by atoms with Gasteiger partial charge in [0, 0.05) is 34.2 Å². The molecule has 0 atom stereocenters. The van der Waals surface area contributed by atoms with E-state index in [1.807, 2.05) is 0 Å². The van der Waals surface area contributed by atoms with E-state index >= 15 is 0 Å². The number of furan rings is 1. The van der Waals surface area contributed by atoms with Crippen LogP contribution in [0.1, 0.15) is 21.7 Å². The van der Waals surface area contributed by atoms with Crippen molar-refractivity contribution in [3.63, 3.8) is 0 Å². The van der Waals surface area contributed by atoms with E-state index in [1.54, 1.807) is 36.4 Å². The minimum absolute atomic E-state index is 0.0672. The predicted octanol–water partition coefficient (Wildman–Crippen LogP) is 4.19. The minimum atomic E-state index is -1.07. The topological polar surface area (TPSA) is 92.4 Å². The predicted molar refractivity (Wildman–Crippen MR) is 96.9 cm³/mol. The average Bonchev–Trinajstić information content (AvgIpc) is 3.21. The Kier molecular flexibility index (Phi) is 3.82. The molecule has 6 nitrogen and oxygen atoms in total. The maximum atomic E-state index is 12.2. The van der Waals surface area contributed by atoms with Crippen LogP contribution in [0.3, 0.4) is 0 Å². The molecule has 1 aliphatic heterocycles. The first-order chi connectivity index (χ1) is 12.5. The lowest BCUT2D eigenvalue weighted by molar-refractivity contribution is -0.110. The van der Waals surface area contributed by atoms with Crippen molar-refractivity contribution in [1.29, 1.82) is 0 Å². The third-order valence-electron chi connectivity index (χ3n) is 3.95. The molecule has 0 unspecified atom stereocenters. The summed E-state index contributed by atoms with van der Waals surface area (Å²) >= 11 is 6.02. The molecule has 3 aromatic rings. The Bertz CT molecular complexity index is 1080. The summed E-state index contributed by atoms with van der Waals surface area (Å²) in [5, 5.41) is 12.4. The van der Waals surface area contributed by atoms with Crippen LogP contribution >= 0.6 is 11.6 Å². The zero-order valence-electron chi connectivity index (χ0n) is 13.2. The maximum absolute atomic E-state index is 12.2. The Labute approximate surface area is 152 Å². The second-order valence-electron chi connectivity index (χ2n) is 5.67. The number of anilines is 1. The van der Waals surface area contributed by atoms with Crippen molar-refractivity contribution in [2.75, 3.05) is 5.32 Å². The number of fused-ring (bicyclic) bond motifs is 1. The summed E-state index contributed by atoms with van der Waals surface area (Å²) in [6, 6.07) is 10.0. The van der Waals surface area contributed by atoms with Crippen LogP contribution in [0.25, 0.3) is 23.0 Å². The van der Waals surface area contributed by atoms with Gasteiger partial charge >= 0.3 is 5.97 Å². The van der Waals surface area contributed by atoms with Gasteiger partial charge in [-0.2, -0.15) is 0 Å². The highest BCUT2D eigenvalue weighted by molar-refractivity contribution is 6.36. The van der Waals surface area contributed by atoms with Gasteiger partial charge in [-0.05, 0) is 42.5 Å². The molecule has 1 aliphatic rings. The van der Waals surface area contributed by atoms with Crippen molar-refractivity contribution in [2.24, 2.45) is 0 Å². The van der Waals surface area contributed by atoms with E-state index in [-0.39, 0.29) is 11.5 Å². The molecule has 4 rings (SSSR count). The summed E-state index contributed by atoms with van der Waals surface area (Å²) in [6.07, 6.45) is 4.40. The van der Waals surface area contributed by atoms with Gasteiger partial charge in [0.25, 0.3) is 5.91 Å². The Balaban J connectivity index is 1.71. The SMILES string of the molecule is O=C1Nc2ccc(Cl)cc2/C1=C\c1ccc(-c2cncc(C(=O)O)c2)o1. The summed E-state index contributed by atoms with van der Waals surface area (Å²) in [5.74, 6) is -0.394. The molecule has 3 heterocycles. The molecule has 128 valence electrons. The number of nitrogens with zero attached hydrogens (tertiary/aromatic N) is 1. The molecular weight excluding hydrogens is 356 g/mol. The van der Waals surface area contributed by atoms with Crippen molar-refractivity contribution in [2.45, 2.75) is 0 Å². The molecule has 1 amide bonds. The van der Waals surface area contributed by atoms with Gasteiger partial charge in [-0.15, -0.1) is 0 Å². The number of carbonyl (C=O) groups excluding carboxylic acids is 1. The van der Waals surface area contributed by atoms with E-state index in [4.69, 9.17) is 21.1 Å². The quantitative estimate of drug-likeness (QED) is 0.678. The van der Waals surface area contributed by atoms with Crippen LogP contribution in [0.2, 0.25) is 5.02 Å². The molecule has 26 heavy (non-hydrogen) atoms. The van der Waals surface area contributed by atoms with Crippen molar-refractivity contribution < 1.29 is 19.1 Å². The smallest absolute Gasteiger partial charge is 0.337 e. The fraction of sp³-hybridized carbons (Fsp3) is 0. The number of amides is 1. The van der Waals surface area contributed by atoms with Crippen LogP contribution in [0.4, 0.5) is 5.69 Å². The Hall–Kier alpha value is -3.38. The molecule has 0 aliphatic carbocycles. The van der Waals surface area contributed by atoms with Crippen LogP contribution in [0.5, 0.6) is 0 Å². The number of carbonyl (C=O) groups is 2. The van der Waals surface area contributed by atoms with Crippen LogP contribution in [-0.4, -0.2) is 22.0 Å². The first-order valence-electron chi connectivity index (χ1n) is 7.63. The monoisotopic (exact) mass is 366 g/mol.